The van der Waals surface area contributed by atoms with Gasteiger partial charge >= 0.3 is 5.97 Å². The molecule has 1 aliphatic rings. The first kappa shape index (κ1) is 12.4. The molecule has 0 aromatic heterocycles. The summed E-state index contributed by atoms with van der Waals surface area (Å²) < 4.78 is 0. The van der Waals surface area contributed by atoms with Crippen molar-refractivity contribution in [1.82, 2.24) is 10.2 Å². The zero-order valence-electron chi connectivity index (χ0n) is 8.97. The Balaban J connectivity index is 2.82. The lowest BCUT2D eigenvalue weighted by Gasteiger charge is -2.35. The van der Waals surface area contributed by atoms with Crippen LogP contribution in [0.1, 0.15) is 13.3 Å². The number of carbonyl (C=O) groups is 3. The number of nitrogens with one attached hydrogen (secondary N) is 1. The predicted octanol–water partition coefficient (Wildman–Crippen LogP) is -1.86. The van der Waals surface area contributed by atoms with E-state index in [0.717, 1.165) is 0 Å². The van der Waals surface area contributed by atoms with Crippen LogP contribution in [0, 0.1) is 0 Å². The predicted molar refractivity (Wildman–Crippen MR) is 54.4 cm³/mol. The fourth-order valence-corrected chi connectivity index (χ4v) is 1.61. The van der Waals surface area contributed by atoms with Crippen molar-refractivity contribution in [3.05, 3.63) is 0 Å². The number of nitrogens with zero attached hydrogens (tertiary/aromatic N) is 1. The van der Waals surface area contributed by atoms with Gasteiger partial charge in [-0.2, -0.15) is 0 Å². The number of piperazine rings is 1. The Morgan fingerprint density at radius 3 is 2.81 bits per heavy atom. The van der Waals surface area contributed by atoms with Crippen LogP contribution < -0.4 is 11.1 Å². The molecule has 1 unspecified atom stereocenters. The summed E-state index contributed by atoms with van der Waals surface area (Å²) >= 11 is 0. The van der Waals surface area contributed by atoms with E-state index in [4.69, 9.17) is 10.8 Å². The van der Waals surface area contributed by atoms with E-state index < -0.39 is 36.3 Å². The minimum Gasteiger partial charge on any atom is -0.481 e. The van der Waals surface area contributed by atoms with Gasteiger partial charge in [-0.05, 0) is 6.92 Å². The highest BCUT2D eigenvalue weighted by Crippen LogP contribution is 2.10. The fraction of sp³-hybridized carbons (Fsp3) is 0.667. The lowest BCUT2D eigenvalue weighted by Crippen LogP contribution is -2.60. The molecular formula is C9H15N3O4. The maximum atomic E-state index is 11.7. The number of carboxylic acid groups (broad SMARTS) is 1. The van der Waals surface area contributed by atoms with E-state index in [2.05, 4.69) is 5.32 Å². The van der Waals surface area contributed by atoms with Gasteiger partial charge in [-0.3, -0.25) is 14.4 Å². The minimum absolute atomic E-state index is 0.296. The van der Waals surface area contributed by atoms with Gasteiger partial charge in [0.1, 0.15) is 6.04 Å². The third-order valence-electron chi connectivity index (χ3n) is 2.37. The lowest BCUT2D eigenvalue weighted by atomic mass is 10.1. The molecule has 7 nitrogen and oxygen atoms in total. The minimum atomic E-state index is -1.12. The van der Waals surface area contributed by atoms with E-state index in [9.17, 15) is 14.4 Å². The number of carbonyl (C=O) groups excluding carboxylic acids is 2. The monoisotopic (exact) mass is 229 g/mol. The third-order valence-corrected chi connectivity index (χ3v) is 2.37. The number of amides is 2. The van der Waals surface area contributed by atoms with Gasteiger partial charge in [0.05, 0.1) is 12.5 Å². The van der Waals surface area contributed by atoms with Crippen molar-refractivity contribution in [1.29, 1.82) is 0 Å². The van der Waals surface area contributed by atoms with Crippen molar-refractivity contribution < 1.29 is 19.5 Å². The number of carboxylic acids is 1. The second kappa shape index (κ2) is 4.93. The number of aliphatic carboxylic acids is 1. The molecule has 2 amide bonds. The summed E-state index contributed by atoms with van der Waals surface area (Å²) in [5.41, 5.74) is 5.43. The normalized spacial score (nSPS) is 22.5. The highest BCUT2D eigenvalue weighted by atomic mass is 16.4. The van der Waals surface area contributed by atoms with Crippen LogP contribution >= 0.6 is 0 Å². The molecule has 2 atom stereocenters. The summed E-state index contributed by atoms with van der Waals surface area (Å²) in [5.74, 6) is -1.96. The molecule has 7 heteroatoms. The van der Waals surface area contributed by atoms with E-state index >= 15 is 0 Å². The molecule has 0 saturated carbocycles. The van der Waals surface area contributed by atoms with E-state index in [1.54, 1.807) is 0 Å². The topological polar surface area (TPSA) is 113 Å². The largest absolute Gasteiger partial charge is 0.481 e. The van der Waals surface area contributed by atoms with Gasteiger partial charge in [-0.25, -0.2) is 0 Å². The molecule has 0 aliphatic carbocycles. The molecule has 1 rings (SSSR count). The van der Waals surface area contributed by atoms with E-state index in [1.807, 2.05) is 0 Å². The van der Waals surface area contributed by atoms with Gasteiger partial charge in [-0.15, -0.1) is 0 Å². The molecule has 1 fully saturated rings. The second-order valence-electron chi connectivity index (χ2n) is 3.72. The third kappa shape index (κ3) is 2.69. The summed E-state index contributed by atoms with van der Waals surface area (Å²) in [5, 5.41) is 11.2. The Morgan fingerprint density at radius 1 is 1.69 bits per heavy atom. The smallest absolute Gasteiger partial charge is 0.305 e. The number of hydrogen-bond donors (Lipinski definition) is 3. The van der Waals surface area contributed by atoms with Gasteiger partial charge in [0.2, 0.25) is 11.8 Å². The number of hydrogen-bond acceptors (Lipinski definition) is 4. The van der Waals surface area contributed by atoms with Gasteiger partial charge in [-0.1, -0.05) is 0 Å². The van der Waals surface area contributed by atoms with Crippen molar-refractivity contribution in [3.63, 3.8) is 0 Å². The summed E-state index contributed by atoms with van der Waals surface area (Å²) in [4.78, 5) is 35.0. The molecule has 0 aromatic rings. The number of rotatable bonds is 3. The Labute approximate surface area is 92.6 Å². The summed E-state index contributed by atoms with van der Waals surface area (Å²) in [6.07, 6.45) is -0.399. The maximum absolute atomic E-state index is 11.7. The summed E-state index contributed by atoms with van der Waals surface area (Å²) in [7, 11) is 0. The zero-order valence-corrected chi connectivity index (χ0v) is 8.97. The summed E-state index contributed by atoms with van der Waals surface area (Å²) in [6.45, 7) is 2.13. The molecule has 1 saturated heterocycles. The first-order valence-corrected chi connectivity index (χ1v) is 4.99. The van der Waals surface area contributed by atoms with Crippen LogP contribution in [-0.2, 0) is 14.4 Å². The average Bonchev–Trinajstić information content (AvgIpc) is 2.19. The SMILES string of the molecule is C[C@@H](N)C(=O)N1CCNC(=O)C1CC(=O)O. The van der Waals surface area contributed by atoms with Crippen LogP contribution in [0.2, 0.25) is 0 Å². The van der Waals surface area contributed by atoms with Gasteiger partial charge in [0.15, 0.2) is 0 Å². The molecule has 0 aromatic carbocycles. The highest BCUT2D eigenvalue weighted by Gasteiger charge is 2.35. The van der Waals surface area contributed by atoms with Gasteiger partial charge in [0, 0.05) is 13.1 Å². The zero-order chi connectivity index (χ0) is 12.3. The van der Waals surface area contributed by atoms with Crippen LogP contribution in [0.3, 0.4) is 0 Å². The van der Waals surface area contributed by atoms with E-state index in [-0.39, 0.29) is 0 Å². The Hall–Kier alpha value is -1.63. The Bertz CT molecular complexity index is 316. The lowest BCUT2D eigenvalue weighted by molar-refractivity contribution is -0.149. The number of nitrogens with two attached hydrogens (primary N) is 1. The van der Waals surface area contributed by atoms with Crippen molar-refractivity contribution in [3.8, 4) is 0 Å². The van der Waals surface area contributed by atoms with Crippen molar-refractivity contribution >= 4 is 17.8 Å². The van der Waals surface area contributed by atoms with Crippen LogP contribution in [0.4, 0.5) is 0 Å². The van der Waals surface area contributed by atoms with Crippen LogP contribution in [0.15, 0.2) is 0 Å². The first-order chi connectivity index (χ1) is 7.43. The first-order valence-electron chi connectivity index (χ1n) is 4.99. The molecule has 4 N–H and O–H groups in total. The van der Waals surface area contributed by atoms with Crippen molar-refractivity contribution in [2.75, 3.05) is 13.1 Å². The van der Waals surface area contributed by atoms with Crippen LogP contribution in [0.5, 0.6) is 0 Å². The van der Waals surface area contributed by atoms with Crippen LogP contribution in [-0.4, -0.2) is 53.0 Å². The molecule has 1 heterocycles. The molecule has 0 spiro atoms. The van der Waals surface area contributed by atoms with E-state index in [0.29, 0.717) is 13.1 Å². The average molecular weight is 229 g/mol. The Morgan fingerprint density at radius 2 is 2.31 bits per heavy atom. The van der Waals surface area contributed by atoms with Gasteiger partial charge < -0.3 is 21.1 Å². The second-order valence-corrected chi connectivity index (χ2v) is 3.72. The van der Waals surface area contributed by atoms with Crippen molar-refractivity contribution in [2.24, 2.45) is 5.73 Å². The van der Waals surface area contributed by atoms with E-state index in [1.165, 1.54) is 11.8 Å². The molecule has 1 aliphatic heterocycles. The standard InChI is InChI=1S/C9H15N3O4/c1-5(10)9(16)12-3-2-11-8(15)6(12)4-7(13)14/h5-6H,2-4,10H2,1H3,(H,11,15)(H,13,14)/t5-,6?/m1/s1. The molecule has 0 radical (unpaired) electrons. The van der Waals surface area contributed by atoms with Crippen LogP contribution in [0.25, 0.3) is 0 Å². The molecule has 0 bridgehead atoms. The quantitative estimate of drug-likeness (QED) is 0.525. The fourth-order valence-electron chi connectivity index (χ4n) is 1.61. The molecule has 16 heavy (non-hydrogen) atoms. The summed E-state index contributed by atoms with van der Waals surface area (Å²) in [6, 6.07) is -1.69. The Kier molecular flexibility index (Phi) is 3.83. The molecule has 90 valence electrons. The van der Waals surface area contributed by atoms with Gasteiger partial charge in [0.25, 0.3) is 0 Å². The molecular weight excluding hydrogens is 214 g/mol. The maximum Gasteiger partial charge on any atom is 0.305 e. The van der Waals surface area contributed by atoms with Crippen molar-refractivity contribution in [2.45, 2.75) is 25.4 Å². The highest BCUT2D eigenvalue weighted by molar-refractivity contribution is 5.92.